The van der Waals surface area contributed by atoms with E-state index in [0.717, 1.165) is 30.3 Å². The molecule has 65 heavy (non-hydrogen) atoms. The highest BCUT2D eigenvalue weighted by Crippen LogP contribution is 2.47. The summed E-state index contributed by atoms with van der Waals surface area (Å²) < 4.78 is 79.5. The summed E-state index contributed by atoms with van der Waals surface area (Å²) in [5, 5.41) is 67.6. The number of fused-ring (bicyclic) bond motifs is 2. The molecule has 0 aromatic heterocycles. The second-order valence-electron chi connectivity index (χ2n) is 13.6. The summed E-state index contributed by atoms with van der Waals surface area (Å²) in [6.07, 6.45) is 0. The molecular formula is C41H30N8O14S2. The summed E-state index contributed by atoms with van der Waals surface area (Å²) >= 11 is 0. The number of nitrogens with two attached hydrogens (primary N) is 1. The van der Waals surface area contributed by atoms with Crippen molar-refractivity contribution >= 4 is 93.2 Å². The summed E-state index contributed by atoms with van der Waals surface area (Å²) in [5.74, 6) is -2.19. The van der Waals surface area contributed by atoms with E-state index in [1.165, 1.54) is 56.7 Å². The summed E-state index contributed by atoms with van der Waals surface area (Å²) in [7, 11) is -6.90. The second-order valence-corrected chi connectivity index (χ2v) is 16.4. The Kier molecular flexibility index (Phi) is 11.9. The lowest BCUT2D eigenvalue weighted by molar-refractivity contribution is -0.384. The van der Waals surface area contributed by atoms with E-state index < -0.39 is 58.7 Å². The molecule has 7 rings (SSSR count). The first-order valence-corrected chi connectivity index (χ1v) is 21.1. The van der Waals surface area contributed by atoms with Gasteiger partial charge >= 0.3 is 5.97 Å². The van der Waals surface area contributed by atoms with Crippen molar-refractivity contribution in [3.05, 3.63) is 119 Å². The molecular weight excluding hydrogens is 893 g/mol. The zero-order valence-electron chi connectivity index (χ0n) is 33.2. The van der Waals surface area contributed by atoms with Crippen molar-refractivity contribution in [3.8, 4) is 34.1 Å². The number of anilines is 1. The third-order valence-corrected chi connectivity index (χ3v) is 11.4. The number of carboxylic acid groups (broad SMARTS) is 1. The average Bonchev–Trinajstić information content (AvgIpc) is 3.26. The quantitative estimate of drug-likeness (QED) is 0.0206. The number of phenols is 2. The molecule has 22 nitrogen and oxygen atoms in total. The van der Waals surface area contributed by atoms with Crippen LogP contribution in [0, 0.1) is 10.1 Å². The number of benzene rings is 7. The third-order valence-electron chi connectivity index (χ3n) is 9.64. The molecule has 7 N–H and O–H groups in total. The maximum absolute atomic E-state index is 12.7. The first-order valence-electron chi connectivity index (χ1n) is 18.2. The predicted molar refractivity (Wildman–Crippen MR) is 233 cm³/mol. The Bertz CT molecular complexity index is 3470. The maximum atomic E-state index is 12.7. The number of nitro benzene ring substituents is 1. The van der Waals surface area contributed by atoms with Crippen molar-refractivity contribution in [1.82, 2.24) is 0 Å². The smallest absolute Gasteiger partial charge is 0.338 e. The number of ether oxygens (including phenoxy) is 2. The highest BCUT2D eigenvalue weighted by atomic mass is 32.2. The van der Waals surface area contributed by atoms with Gasteiger partial charge in [-0.1, -0.05) is 24.3 Å². The SMILES string of the molecule is COc1cc(-c2ccc(N=Nc3c(O)ccc4cc(S(=O)(=O)O)ccc34)c(OC)c2)ccc1N=Nc1c(S(=O)(=O)O)cc2c(N=Nc3ccc([N+](=O)[O-])cc3C(=O)O)c(N)ccc2c1O. The molecule has 0 aliphatic rings. The van der Waals surface area contributed by atoms with E-state index in [1.54, 1.807) is 30.3 Å². The molecule has 7 aromatic rings. The van der Waals surface area contributed by atoms with Crippen LogP contribution in [-0.2, 0) is 20.2 Å². The number of methoxy groups -OCH3 is 2. The molecule has 0 unspecified atom stereocenters. The third kappa shape index (κ3) is 9.07. The Morgan fingerprint density at radius 2 is 1.20 bits per heavy atom. The molecule has 0 radical (unpaired) electrons. The molecule has 0 bridgehead atoms. The van der Waals surface area contributed by atoms with Gasteiger partial charge in [-0.2, -0.15) is 16.8 Å². The topological polar surface area (TPSA) is 348 Å². The van der Waals surface area contributed by atoms with Crippen LogP contribution in [0.5, 0.6) is 23.0 Å². The summed E-state index contributed by atoms with van der Waals surface area (Å²) in [6, 6.07) is 22.4. The predicted octanol–water partition coefficient (Wildman–Crippen LogP) is 10.0. The molecule has 0 spiro atoms. The van der Waals surface area contributed by atoms with Crippen LogP contribution in [0.25, 0.3) is 32.7 Å². The Morgan fingerprint density at radius 1 is 0.631 bits per heavy atom. The van der Waals surface area contributed by atoms with Gasteiger partial charge in [-0.05, 0) is 83.2 Å². The molecule has 7 aromatic carbocycles. The van der Waals surface area contributed by atoms with E-state index in [4.69, 9.17) is 15.2 Å². The van der Waals surface area contributed by atoms with Gasteiger partial charge in [0.2, 0.25) is 0 Å². The highest BCUT2D eigenvalue weighted by molar-refractivity contribution is 7.86. The van der Waals surface area contributed by atoms with E-state index in [2.05, 4.69) is 30.7 Å². The van der Waals surface area contributed by atoms with E-state index in [9.17, 15) is 56.2 Å². The number of azo groups is 3. The minimum absolute atomic E-state index is 0.0288. The molecule has 0 amide bonds. The minimum Gasteiger partial charge on any atom is -0.506 e. The highest BCUT2D eigenvalue weighted by Gasteiger charge is 2.25. The number of carboxylic acids is 1. The maximum Gasteiger partial charge on any atom is 0.338 e. The van der Waals surface area contributed by atoms with Crippen LogP contribution in [0.3, 0.4) is 0 Å². The average molecular weight is 923 g/mol. The van der Waals surface area contributed by atoms with Gasteiger partial charge in [0.05, 0.1) is 35.3 Å². The van der Waals surface area contributed by atoms with Crippen LogP contribution in [0.1, 0.15) is 10.4 Å². The van der Waals surface area contributed by atoms with Crippen LogP contribution in [-0.4, -0.2) is 66.4 Å². The molecule has 0 atom stereocenters. The van der Waals surface area contributed by atoms with Gasteiger partial charge in [0.1, 0.15) is 56.3 Å². The van der Waals surface area contributed by atoms with Gasteiger partial charge in [0.25, 0.3) is 25.9 Å². The Hall–Kier alpha value is -8.45. The van der Waals surface area contributed by atoms with Crippen molar-refractivity contribution in [3.63, 3.8) is 0 Å². The lowest BCUT2D eigenvalue weighted by Crippen LogP contribution is -2.00. The van der Waals surface area contributed by atoms with Crippen LogP contribution >= 0.6 is 0 Å². The van der Waals surface area contributed by atoms with Crippen LogP contribution in [0.4, 0.5) is 45.5 Å². The zero-order chi connectivity index (χ0) is 47.0. The van der Waals surface area contributed by atoms with Gasteiger partial charge in [-0.3, -0.25) is 19.2 Å². The molecule has 0 heterocycles. The normalized spacial score (nSPS) is 12.2. The molecule has 330 valence electrons. The molecule has 0 saturated heterocycles. The number of aromatic carboxylic acids is 1. The van der Waals surface area contributed by atoms with Gasteiger partial charge in [0, 0.05) is 28.3 Å². The van der Waals surface area contributed by atoms with Gasteiger partial charge < -0.3 is 30.5 Å². The Labute approximate surface area is 365 Å². The van der Waals surface area contributed by atoms with E-state index in [0.29, 0.717) is 21.9 Å². The number of rotatable bonds is 13. The second kappa shape index (κ2) is 17.4. The molecule has 0 fully saturated rings. The number of nitrogens with zero attached hydrogens (tertiary/aromatic N) is 7. The number of nitrogen functional groups attached to an aromatic ring is 1. The number of nitro groups is 1. The van der Waals surface area contributed by atoms with Crippen molar-refractivity contribution in [2.24, 2.45) is 30.7 Å². The molecule has 24 heteroatoms. The van der Waals surface area contributed by atoms with Crippen molar-refractivity contribution in [1.29, 1.82) is 0 Å². The van der Waals surface area contributed by atoms with Crippen molar-refractivity contribution in [2.45, 2.75) is 9.79 Å². The number of non-ortho nitro benzene ring substituents is 1. The number of hydrogen-bond donors (Lipinski definition) is 6. The van der Waals surface area contributed by atoms with E-state index in [-0.39, 0.29) is 67.0 Å². The monoisotopic (exact) mass is 922 g/mol. The van der Waals surface area contributed by atoms with Crippen LogP contribution in [0.2, 0.25) is 0 Å². The van der Waals surface area contributed by atoms with Crippen LogP contribution in [0.15, 0.2) is 144 Å². The Morgan fingerprint density at radius 3 is 1.77 bits per heavy atom. The summed E-state index contributed by atoms with van der Waals surface area (Å²) in [6.45, 7) is 0. The number of hydrogen-bond acceptors (Lipinski definition) is 18. The fraction of sp³-hybridized carbons (Fsp3) is 0.0488. The first kappa shape index (κ1) is 44.6. The standard InChI is InChI=1S/C41H30N8O14S2/c1-62-34-16-20(3-11-31(34)44-47-38-25-8-7-24(64(56,57)58)15-22(25)5-14-33(38)50)21-4-12-32(35(17-21)63-2)45-48-39-36(65(59,60)61)19-27-26(40(39)51)9-10-29(42)37(27)46-43-30-13-6-23(49(54)55)18-28(30)41(52)53/h3-19,50-51H,42H2,1-2H3,(H,52,53)(H,56,57,58)(H,59,60,61). The Balaban J connectivity index is 1.21. The summed E-state index contributed by atoms with van der Waals surface area (Å²) in [5.41, 5.74) is 5.15. The number of carbonyl (C=O) groups is 1. The fourth-order valence-corrected chi connectivity index (χ4v) is 7.62. The van der Waals surface area contributed by atoms with Crippen molar-refractivity contribution in [2.75, 3.05) is 20.0 Å². The number of aromatic hydroxyl groups is 2. The lowest BCUT2D eigenvalue weighted by Gasteiger charge is -2.12. The van der Waals surface area contributed by atoms with Gasteiger partial charge in [-0.25, -0.2) is 4.79 Å². The largest absolute Gasteiger partial charge is 0.506 e. The van der Waals surface area contributed by atoms with Gasteiger partial charge in [-0.15, -0.1) is 30.7 Å². The van der Waals surface area contributed by atoms with Crippen molar-refractivity contribution < 1.29 is 60.5 Å². The number of phenolic OH excluding ortho intramolecular Hbond substituents is 2. The minimum atomic E-state index is -5.15. The van der Waals surface area contributed by atoms with Crippen LogP contribution < -0.4 is 15.2 Å². The zero-order valence-corrected chi connectivity index (χ0v) is 34.9. The molecule has 0 aliphatic carbocycles. The lowest BCUT2D eigenvalue weighted by atomic mass is 10.0. The molecule has 0 aliphatic heterocycles. The van der Waals surface area contributed by atoms with Gasteiger partial charge in [0.15, 0.2) is 5.75 Å². The summed E-state index contributed by atoms with van der Waals surface area (Å²) in [4.78, 5) is 21.0. The van der Waals surface area contributed by atoms with E-state index >= 15 is 0 Å². The first-order chi connectivity index (χ1) is 30.8. The fourth-order valence-electron chi connectivity index (χ4n) is 6.46. The molecule has 0 saturated carbocycles. The van der Waals surface area contributed by atoms with E-state index in [1.807, 2.05) is 0 Å².